The lowest BCUT2D eigenvalue weighted by atomic mass is 9.99. The van der Waals surface area contributed by atoms with E-state index in [1.165, 1.54) is 5.56 Å². The summed E-state index contributed by atoms with van der Waals surface area (Å²) in [5.41, 5.74) is 6.08. The standard InChI is InChI=1S/C22H23N3O3/c1-27-11-10-24-14-18-13-20(15-6-8-23-9-7-15)22(28-18)17-2-4-19-16(12-17)3-5-21(19)25-26/h2,4,6-9,12-13,24,26H,3,5,10-11,14H2,1H3/b25-21+. The van der Waals surface area contributed by atoms with Gasteiger partial charge in [0.2, 0.25) is 0 Å². The highest BCUT2D eigenvalue weighted by atomic mass is 16.5. The van der Waals surface area contributed by atoms with Crippen LogP contribution in [0.1, 0.15) is 23.3 Å². The summed E-state index contributed by atoms with van der Waals surface area (Å²) in [5.74, 6) is 1.71. The smallest absolute Gasteiger partial charge is 0.142 e. The zero-order chi connectivity index (χ0) is 19.3. The molecule has 4 rings (SSSR count). The molecule has 0 aliphatic heterocycles. The summed E-state index contributed by atoms with van der Waals surface area (Å²) in [5, 5.41) is 15.9. The molecule has 0 fully saturated rings. The third-order valence-electron chi connectivity index (χ3n) is 4.99. The molecular formula is C22H23N3O3. The van der Waals surface area contributed by atoms with Gasteiger partial charge in [0.25, 0.3) is 0 Å². The monoisotopic (exact) mass is 377 g/mol. The summed E-state index contributed by atoms with van der Waals surface area (Å²) >= 11 is 0. The average molecular weight is 377 g/mol. The molecule has 0 saturated heterocycles. The van der Waals surface area contributed by atoms with E-state index in [1.807, 2.05) is 24.3 Å². The van der Waals surface area contributed by atoms with Crippen LogP contribution in [0.25, 0.3) is 22.5 Å². The maximum Gasteiger partial charge on any atom is 0.142 e. The molecule has 0 saturated carbocycles. The molecule has 144 valence electrons. The van der Waals surface area contributed by atoms with Crippen LogP contribution in [0.2, 0.25) is 0 Å². The lowest BCUT2D eigenvalue weighted by Gasteiger charge is -2.06. The Kier molecular flexibility index (Phi) is 5.50. The van der Waals surface area contributed by atoms with E-state index in [0.717, 1.165) is 58.9 Å². The third kappa shape index (κ3) is 3.69. The van der Waals surface area contributed by atoms with Gasteiger partial charge in [-0.15, -0.1) is 0 Å². The first kappa shape index (κ1) is 18.4. The van der Waals surface area contributed by atoms with Crippen LogP contribution >= 0.6 is 0 Å². The highest BCUT2D eigenvalue weighted by Crippen LogP contribution is 2.37. The van der Waals surface area contributed by atoms with Crippen molar-refractivity contribution in [2.75, 3.05) is 20.3 Å². The Bertz CT molecular complexity index is 980. The molecule has 0 bridgehead atoms. The Morgan fingerprint density at radius 2 is 1.96 bits per heavy atom. The number of nitrogens with zero attached hydrogens (tertiary/aromatic N) is 2. The number of oxime groups is 1. The predicted molar refractivity (Wildman–Crippen MR) is 108 cm³/mol. The van der Waals surface area contributed by atoms with Crippen molar-refractivity contribution in [3.05, 3.63) is 65.7 Å². The minimum absolute atomic E-state index is 0.633. The fraction of sp³-hybridized carbons (Fsp3) is 0.273. The number of aromatic nitrogens is 1. The van der Waals surface area contributed by atoms with Gasteiger partial charge >= 0.3 is 0 Å². The van der Waals surface area contributed by atoms with Crippen molar-refractivity contribution in [2.45, 2.75) is 19.4 Å². The van der Waals surface area contributed by atoms with E-state index in [1.54, 1.807) is 19.5 Å². The van der Waals surface area contributed by atoms with Crippen LogP contribution in [0.3, 0.4) is 0 Å². The van der Waals surface area contributed by atoms with Crippen molar-refractivity contribution in [2.24, 2.45) is 5.16 Å². The number of ether oxygens (including phenoxy) is 1. The number of aryl methyl sites for hydroxylation is 1. The molecule has 2 heterocycles. The number of pyridine rings is 1. The van der Waals surface area contributed by atoms with Gasteiger partial charge in [-0.3, -0.25) is 4.98 Å². The van der Waals surface area contributed by atoms with E-state index in [-0.39, 0.29) is 0 Å². The number of nitrogens with one attached hydrogen (secondary N) is 1. The third-order valence-corrected chi connectivity index (χ3v) is 4.99. The summed E-state index contributed by atoms with van der Waals surface area (Å²) < 4.78 is 11.3. The molecule has 6 heteroatoms. The largest absolute Gasteiger partial charge is 0.459 e. The number of fused-ring (bicyclic) bond motifs is 1. The number of hydrogen-bond acceptors (Lipinski definition) is 6. The number of furan rings is 1. The van der Waals surface area contributed by atoms with Crippen LogP contribution in [0.15, 0.2) is 58.4 Å². The van der Waals surface area contributed by atoms with Crippen LogP contribution in [0.4, 0.5) is 0 Å². The first-order valence-electron chi connectivity index (χ1n) is 9.37. The molecule has 0 radical (unpaired) electrons. The van der Waals surface area contributed by atoms with Crippen molar-refractivity contribution in [1.29, 1.82) is 0 Å². The molecule has 1 aromatic carbocycles. The maximum atomic E-state index is 9.16. The molecule has 0 amide bonds. The number of benzene rings is 1. The lowest BCUT2D eigenvalue weighted by molar-refractivity contribution is 0.198. The summed E-state index contributed by atoms with van der Waals surface area (Å²) in [7, 11) is 1.69. The summed E-state index contributed by atoms with van der Waals surface area (Å²) in [6, 6.07) is 12.2. The normalized spacial score (nSPS) is 14.5. The minimum atomic E-state index is 0.633. The Morgan fingerprint density at radius 3 is 2.75 bits per heavy atom. The molecule has 1 aliphatic carbocycles. The first-order valence-corrected chi connectivity index (χ1v) is 9.37. The second-order valence-corrected chi connectivity index (χ2v) is 6.78. The van der Waals surface area contributed by atoms with Crippen molar-refractivity contribution in [3.63, 3.8) is 0 Å². The van der Waals surface area contributed by atoms with Crippen LogP contribution in [0.5, 0.6) is 0 Å². The molecule has 0 spiro atoms. The zero-order valence-corrected chi connectivity index (χ0v) is 15.8. The van der Waals surface area contributed by atoms with E-state index < -0.39 is 0 Å². The van der Waals surface area contributed by atoms with Gasteiger partial charge in [-0.1, -0.05) is 17.3 Å². The number of hydrogen-bond donors (Lipinski definition) is 2. The van der Waals surface area contributed by atoms with Crippen molar-refractivity contribution >= 4 is 5.71 Å². The van der Waals surface area contributed by atoms with Crippen molar-refractivity contribution in [1.82, 2.24) is 10.3 Å². The highest BCUT2D eigenvalue weighted by Gasteiger charge is 2.21. The molecule has 0 atom stereocenters. The molecule has 28 heavy (non-hydrogen) atoms. The van der Waals surface area contributed by atoms with Crippen LogP contribution < -0.4 is 5.32 Å². The fourth-order valence-electron chi connectivity index (χ4n) is 3.59. The fourth-order valence-corrected chi connectivity index (χ4v) is 3.59. The Labute approximate surface area is 163 Å². The summed E-state index contributed by atoms with van der Waals surface area (Å²) in [6.07, 6.45) is 5.21. The van der Waals surface area contributed by atoms with Gasteiger partial charge in [0.15, 0.2) is 0 Å². The quantitative estimate of drug-likeness (QED) is 0.371. The Balaban J connectivity index is 1.70. The molecule has 0 unspecified atom stereocenters. The second-order valence-electron chi connectivity index (χ2n) is 6.78. The van der Waals surface area contributed by atoms with E-state index in [2.05, 4.69) is 27.6 Å². The van der Waals surface area contributed by atoms with Gasteiger partial charge in [-0.05, 0) is 48.2 Å². The van der Waals surface area contributed by atoms with Gasteiger partial charge in [0, 0.05) is 42.7 Å². The van der Waals surface area contributed by atoms with E-state index >= 15 is 0 Å². The topological polar surface area (TPSA) is 79.9 Å². The van der Waals surface area contributed by atoms with Crippen molar-refractivity contribution in [3.8, 4) is 22.5 Å². The van der Waals surface area contributed by atoms with Gasteiger partial charge in [0.05, 0.1) is 18.9 Å². The van der Waals surface area contributed by atoms with Crippen LogP contribution in [-0.2, 0) is 17.7 Å². The first-order chi connectivity index (χ1) is 13.8. The molecular weight excluding hydrogens is 354 g/mol. The Hall–Kier alpha value is -2.96. The van der Waals surface area contributed by atoms with Crippen molar-refractivity contribution < 1.29 is 14.4 Å². The van der Waals surface area contributed by atoms with Gasteiger partial charge < -0.3 is 19.7 Å². The number of methoxy groups -OCH3 is 1. The predicted octanol–water partition coefficient (Wildman–Crippen LogP) is 3.87. The average Bonchev–Trinajstić information content (AvgIpc) is 3.35. The zero-order valence-electron chi connectivity index (χ0n) is 15.8. The molecule has 2 N–H and O–H groups in total. The summed E-state index contributed by atoms with van der Waals surface area (Å²) in [4.78, 5) is 4.12. The SMILES string of the molecule is COCCNCc1cc(-c2ccncc2)c(-c2ccc3c(c2)CC/C3=N\O)o1. The molecule has 3 aromatic rings. The van der Waals surface area contributed by atoms with Crippen LogP contribution in [0, 0.1) is 0 Å². The molecule has 6 nitrogen and oxygen atoms in total. The van der Waals surface area contributed by atoms with E-state index in [9.17, 15) is 0 Å². The molecule has 1 aliphatic rings. The van der Waals surface area contributed by atoms with E-state index in [4.69, 9.17) is 14.4 Å². The Morgan fingerprint density at radius 1 is 1.11 bits per heavy atom. The maximum absolute atomic E-state index is 9.16. The van der Waals surface area contributed by atoms with Gasteiger partial charge in [-0.2, -0.15) is 0 Å². The van der Waals surface area contributed by atoms with Gasteiger partial charge in [-0.25, -0.2) is 0 Å². The minimum Gasteiger partial charge on any atom is -0.459 e. The highest BCUT2D eigenvalue weighted by molar-refractivity contribution is 6.04. The number of rotatable bonds is 7. The van der Waals surface area contributed by atoms with Crippen LogP contribution in [-0.4, -0.2) is 36.2 Å². The van der Waals surface area contributed by atoms with Gasteiger partial charge in [0.1, 0.15) is 11.5 Å². The van der Waals surface area contributed by atoms with E-state index in [0.29, 0.717) is 13.2 Å². The lowest BCUT2D eigenvalue weighted by Crippen LogP contribution is -2.18. The molecule has 2 aromatic heterocycles. The second kappa shape index (κ2) is 8.37. The summed E-state index contributed by atoms with van der Waals surface area (Å²) in [6.45, 7) is 2.05.